The van der Waals surface area contributed by atoms with Crippen LogP contribution in [0.1, 0.15) is 35.4 Å². The van der Waals surface area contributed by atoms with E-state index >= 15 is 0 Å². The third-order valence-electron chi connectivity index (χ3n) is 3.87. The molecule has 0 spiro atoms. The molecule has 0 aliphatic rings. The Balaban J connectivity index is 1.97. The van der Waals surface area contributed by atoms with Crippen LogP contribution in [0.5, 0.6) is 5.88 Å². The Bertz CT molecular complexity index is 949. The summed E-state index contributed by atoms with van der Waals surface area (Å²) in [6, 6.07) is 8.29. The van der Waals surface area contributed by atoms with Crippen LogP contribution in [-0.4, -0.2) is 21.7 Å². The molecule has 0 saturated carbocycles. The van der Waals surface area contributed by atoms with Crippen molar-refractivity contribution in [3.05, 3.63) is 69.1 Å². The molecule has 8 heteroatoms. The maximum Gasteiger partial charge on any atom is 0.388 e. The van der Waals surface area contributed by atoms with Gasteiger partial charge in [-0.25, -0.2) is 9.97 Å². The van der Waals surface area contributed by atoms with Crippen molar-refractivity contribution in [3.63, 3.8) is 0 Å². The van der Waals surface area contributed by atoms with Gasteiger partial charge in [-0.15, -0.1) is 11.3 Å². The lowest BCUT2D eigenvalue weighted by molar-refractivity contribution is -0.0524. The Morgan fingerprint density at radius 2 is 2.00 bits per heavy atom. The van der Waals surface area contributed by atoms with Crippen LogP contribution in [0.2, 0.25) is 5.02 Å². The molecule has 1 atom stereocenters. The molecule has 1 N–H and O–H groups in total. The Morgan fingerprint density at radius 3 is 2.68 bits per heavy atom. The fourth-order valence-corrected chi connectivity index (χ4v) is 3.94. The van der Waals surface area contributed by atoms with Crippen molar-refractivity contribution >= 4 is 22.9 Å². The highest BCUT2D eigenvalue weighted by Crippen LogP contribution is 2.35. The zero-order valence-electron chi connectivity index (χ0n) is 15.2. The normalized spacial score (nSPS) is 12.6. The first-order valence-corrected chi connectivity index (χ1v) is 9.65. The quantitative estimate of drug-likeness (QED) is 0.529. The number of nitrogens with zero attached hydrogens (tertiary/aromatic N) is 2. The summed E-state index contributed by atoms with van der Waals surface area (Å²) >= 11 is 7.43. The van der Waals surface area contributed by atoms with Crippen LogP contribution in [0.25, 0.3) is 11.1 Å². The number of aliphatic hydroxyl groups is 1. The van der Waals surface area contributed by atoms with E-state index in [1.54, 1.807) is 36.5 Å². The van der Waals surface area contributed by atoms with Gasteiger partial charge in [0.25, 0.3) is 0 Å². The molecule has 3 rings (SSSR count). The van der Waals surface area contributed by atoms with Gasteiger partial charge in [-0.05, 0) is 29.7 Å². The van der Waals surface area contributed by atoms with Crippen molar-refractivity contribution in [3.8, 4) is 17.0 Å². The van der Waals surface area contributed by atoms with Crippen molar-refractivity contribution in [1.82, 2.24) is 9.97 Å². The fraction of sp³-hybridized carbons (Fsp3) is 0.250. The van der Waals surface area contributed by atoms with Gasteiger partial charge in [0.2, 0.25) is 5.88 Å². The van der Waals surface area contributed by atoms with Crippen LogP contribution >= 0.6 is 22.9 Å². The van der Waals surface area contributed by atoms with Crippen molar-refractivity contribution in [2.24, 2.45) is 0 Å². The molecule has 1 aromatic carbocycles. The first kappa shape index (κ1) is 20.6. The van der Waals surface area contributed by atoms with Gasteiger partial charge in [0.15, 0.2) is 0 Å². The molecule has 0 saturated heterocycles. The van der Waals surface area contributed by atoms with E-state index in [0.717, 1.165) is 11.4 Å². The average molecular weight is 424 g/mol. The number of hydrogen-bond acceptors (Lipinski definition) is 5. The maximum atomic E-state index is 12.8. The maximum absolute atomic E-state index is 12.8. The lowest BCUT2D eigenvalue weighted by Gasteiger charge is -2.14. The minimum atomic E-state index is -3.02. The summed E-state index contributed by atoms with van der Waals surface area (Å²) in [6.07, 6.45) is 2.71. The molecular weight excluding hydrogens is 406 g/mol. The lowest BCUT2D eigenvalue weighted by Crippen LogP contribution is -2.07. The van der Waals surface area contributed by atoms with Gasteiger partial charge in [0, 0.05) is 35.0 Å². The number of rotatable bonds is 7. The zero-order valence-corrected chi connectivity index (χ0v) is 16.8. The summed E-state index contributed by atoms with van der Waals surface area (Å²) in [7, 11) is 0. The lowest BCUT2D eigenvalue weighted by atomic mass is 10.0. The van der Waals surface area contributed by atoms with E-state index in [0.29, 0.717) is 26.6 Å². The molecule has 2 aromatic heterocycles. The number of hydrogen-bond donors (Lipinski definition) is 1. The second kappa shape index (κ2) is 8.94. The second-order valence-electron chi connectivity index (χ2n) is 6.45. The minimum Gasteiger partial charge on any atom is -0.416 e. The number of pyridine rings is 1. The largest absolute Gasteiger partial charge is 0.416 e. The number of aromatic nitrogens is 2. The Labute approximate surface area is 170 Å². The van der Waals surface area contributed by atoms with Crippen molar-refractivity contribution in [2.45, 2.75) is 33.0 Å². The molecule has 0 fully saturated rings. The molecule has 147 valence electrons. The van der Waals surface area contributed by atoms with Gasteiger partial charge < -0.3 is 9.84 Å². The van der Waals surface area contributed by atoms with Gasteiger partial charge in [-0.3, -0.25) is 0 Å². The van der Waals surface area contributed by atoms with E-state index in [9.17, 15) is 13.9 Å². The van der Waals surface area contributed by atoms with Crippen molar-refractivity contribution in [1.29, 1.82) is 0 Å². The fourth-order valence-electron chi connectivity index (χ4n) is 2.66. The first-order valence-electron chi connectivity index (χ1n) is 8.46. The molecule has 2 heterocycles. The minimum absolute atomic E-state index is 0.227. The van der Waals surface area contributed by atoms with Crippen LogP contribution in [0, 0.1) is 5.92 Å². The number of ether oxygens (including phenoxy) is 1. The summed E-state index contributed by atoms with van der Waals surface area (Å²) in [6.45, 7) is 1.01. The van der Waals surface area contributed by atoms with Crippen LogP contribution in [0.15, 0.2) is 42.7 Å². The van der Waals surface area contributed by atoms with Gasteiger partial charge in [-0.1, -0.05) is 37.6 Å². The Kier molecular flexibility index (Phi) is 6.59. The highest BCUT2D eigenvalue weighted by Gasteiger charge is 2.20. The zero-order chi connectivity index (χ0) is 20.3. The van der Waals surface area contributed by atoms with E-state index in [-0.39, 0.29) is 5.88 Å². The van der Waals surface area contributed by atoms with E-state index in [2.05, 4.69) is 14.7 Å². The molecule has 0 amide bonds. The highest BCUT2D eigenvalue weighted by atomic mass is 35.5. The smallest absolute Gasteiger partial charge is 0.388 e. The standard InChI is InChI=1S/C20H18ClF2N2O2S/c1-11(2)6-17-24-10-16(28-17)18(26)13-8-15(12-4-3-5-14(21)7-12)19(25-9-13)27-20(22)23/h3-5,7-10,18,20,26H,6H2,1-2H3. The van der Waals surface area contributed by atoms with Gasteiger partial charge in [-0.2, -0.15) is 8.78 Å². The van der Waals surface area contributed by atoms with Crippen LogP contribution in [0.3, 0.4) is 0 Å². The molecule has 4 nitrogen and oxygen atoms in total. The third kappa shape index (κ3) is 5.04. The average Bonchev–Trinajstić information content (AvgIpc) is 3.08. The van der Waals surface area contributed by atoms with Gasteiger partial charge >= 0.3 is 6.61 Å². The number of aliphatic hydroxyl groups excluding tert-OH is 1. The van der Waals surface area contributed by atoms with Crippen molar-refractivity contribution < 1.29 is 18.6 Å². The Morgan fingerprint density at radius 1 is 1.21 bits per heavy atom. The molecule has 0 bridgehead atoms. The monoisotopic (exact) mass is 423 g/mol. The first-order chi connectivity index (χ1) is 13.3. The molecule has 28 heavy (non-hydrogen) atoms. The van der Waals surface area contributed by atoms with E-state index < -0.39 is 12.7 Å². The highest BCUT2D eigenvalue weighted by molar-refractivity contribution is 7.11. The number of benzene rings is 1. The number of halogens is 3. The van der Waals surface area contributed by atoms with Crippen LogP contribution in [-0.2, 0) is 6.42 Å². The molecule has 1 radical (unpaired) electrons. The van der Waals surface area contributed by atoms with Crippen LogP contribution in [0.4, 0.5) is 8.78 Å². The summed E-state index contributed by atoms with van der Waals surface area (Å²) in [5.41, 5.74) is 1.33. The summed E-state index contributed by atoms with van der Waals surface area (Å²) in [4.78, 5) is 8.98. The third-order valence-corrected chi connectivity index (χ3v) is 5.15. The SMILES string of the molecule is C[C](C)Cc1ncc(C(O)c2cnc(OC(F)F)c(-c3cccc(Cl)c3)c2)s1. The predicted molar refractivity (Wildman–Crippen MR) is 106 cm³/mol. The summed E-state index contributed by atoms with van der Waals surface area (Å²) < 4.78 is 30.1. The van der Waals surface area contributed by atoms with Crippen molar-refractivity contribution in [2.75, 3.05) is 0 Å². The molecule has 1 unspecified atom stereocenters. The number of alkyl halides is 2. The topological polar surface area (TPSA) is 55.2 Å². The Hall–Kier alpha value is -2.09. The summed E-state index contributed by atoms with van der Waals surface area (Å²) in [5, 5.41) is 12.1. The van der Waals surface area contributed by atoms with E-state index in [4.69, 9.17) is 11.6 Å². The number of thiazole rings is 1. The van der Waals surface area contributed by atoms with E-state index in [1.165, 1.54) is 23.5 Å². The predicted octanol–water partition coefficient (Wildman–Crippen LogP) is 5.70. The second-order valence-corrected chi connectivity index (χ2v) is 8.04. The van der Waals surface area contributed by atoms with Crippen LogP contribution < -0.4 is 4.74 Å². The molecular formula is C20H18ClF2N2O2S. The van der Waals surface area contributed by atoms with E-state index in [1.807, 2.05) is 13.8 Å². The summed E-state index contributed by atoms with van der Waals surface area (Å²) in [5.74, 6) is 0.989. The van der Waals surface area contributed by atoms with Gasteiger partial charge in [0.1, 0.15) is 6.10 Å². The molecule has 0 aliphatic heterocycles. The molecule has 3 aromatic rings. The molecule has 0 aliphatic carbocycles. The van der Waals surface area contributed by atoms with Gasteiger partial charge in [0.05, 0.1) is 9.88 Å².